The van der Waals surface area contributed by atoms with E-state index in [1.165, 1.54) is 21.5 Å². The first-order valence-corrected chi connectivity index (χ1v) is 7.62. The van der Waals surface area contributed by atoms with E-state index in [2.05, 4.69) is 66.6 Å². The molecule has 0 radical (unpaired) electrons. The Hall–Kier alpha value is -2.56. The fraction of sp³-hybridized carbons (Fsp3) is 0. The highest BCUT2D eigenvalue weighted by atomic mass is 32.1. The summed E-state index contributed by atoms with van der Waals surface area (Å²) in [5, 5.41) is 7.21. The first-order chi connectivity index (χ1) is 10.4. The standard InChI is InChI=1S/C14H10.C6H4S/c1-2-6-12-10-14-8-4-3-7-13(14)9-11(12)5-1;1-2-6-4-3-5-7-6/h1-10H;1,3-5H. The molecular weight excluding hydrogens is 272 g/mol. The summed E-state index contributed by atoms with van der Waals surface area (Å²) in [6.07, 6.45) is 5.05. The van der Waals surface area contributed by atoms with Gasteiger partial charge >= 0.3 is 0 Å². The van der Waals surface area contributed by atoms with Crippen LogP contribution in [0.4, 0.5) is 0 Å². The molecule has 0 amide bonds. The van der Waals surface area contributed by atoms with Crippen LogP contribution >= 0.6 is 11.3 Å². The van der Waals surface area contributed by atoms with Crippen molar-refractivity contribution in [1.29, 1.82) is 0 Å². The van der Waals surface area contributed by atoms with E-state index in [1.54, 1.807) is 11.3 Å². The molecule has 0 nitrogen and oxygen atoms in total. The average molecular weight is 286 g/mol. The van der Waals surface area contributed by atoms with E-state index >= 15 is 0 Å². The molecule has 1 heterocycles. The van der Waals surface area contributed by atoms with Gasteiger partial charge < -0.3 is 0 Å². The second kappa shape index (κ2) is 6.26. The molecule has 100 valence electrons. The van der Waals surface area contributed by atoms with Gasteiger partial charge in [0.05, 0.1) is 4.88 Å². The molecule has 21 heavy (non-hydrogen) atoms. The van der Waals surface area contributed by atoms with Crippen LogP contribution in [0.15, 0.2) is 78.2 Å². The number of hydrogen-bond donors (Lipinski definition) is 0. The molecule has 0 saturated heterocycles. The van der Waals surface area contributed by atoms with Gasteiger partial charge in [0.2, 0.25) is 0 Å². The fourth-order valence-corrected chi connectivity index (χ4v) is 2.77. The molecular formula is C20H14S. The number of rotatable bonds is 0. The van der Waals surface area contributed by atoms with E-state index in [1.807, 2.05) is 17.5 Å². The quantitative estimate of drug-likeness (QED) is 0.286. The zero-order chi connectivity index (χ0) is 14.5. The van der Waals surface area contributed by atoms with Crippen LogP contribution < -0.4 is 0 Å². The second-order valence-electron chi connectivity index (χ2n) is 4.67. The Morgan fingerprint density at radius 3 is 1.43 bits per heavy atom. The van der Waals surface area contributed by atoms with Crippen molar-refractivity contribution < 1.29 is 0 Å². The number of thiophene rings is 1. The van der Waals surface area contributed by atoms with Crippen LogP contribution in [0.2, 0.25) is 0 Å². The summed E-state index contributed by atoms with van der Waals surface area (Å²) in [6, 6.07) is 25.3. The third kappa shape index (κ3) is 3.13. The summed E-state index contributed by atoms with van der Waals surface area (Å²) >= 11 is 1.59. The van der Waals surface area contributed by atoms with Crippen LogP contribution in [0.25, 0.3) is 21.5 Å². The number of benzene rings is 3. The lowest BCUT2D eigenvalue weighted by Gasteiger charge is -2.00. The van der Waals surface area contributed by atoms with Crippen molar-refractivity contribution in [2.45, 2.75) is 0 Å². The molecule has 4 rings (SSSR count). The number of fused-ring (bicyclic) bond motifs is 2. The van der Waals surface area contributed by atoms with Crippen LogP contribution in [0.3, 0.4) is 0 Å². The third-order valence-corrected chi connectivity index (χ3v) is 4.08. The minimum absolute atomic E-state index is 1.00. The zero-order valence-electron chi connectivity index (χ0n) is 11.5. The topological polar surface area (TPSA) is 0 Å². The molecule has 3 aromatic carbocycles. The highest BCUT2D eigenvalue weighted by Crippen LogP contribution is 2.21. The summed E-state index contributed by atoms with van der Waals surface area (Å²) in [4.78, 5) is 1.00. The molecule has 0 aliphatic heterocycles. The molecule has 0 unspecified atom stereocenters. The molecule has 0 atom stereocenters. The Kier molecular flexibility index (Phi) is 4.00. The van der Waals surface area contributed by atoms with Gasteiger partial charge in [-0.1, -0.05) is 60.5 Å². The van der Waals surface area contributed by atoms with E-state index in [0.29, 0.717) is 0 Å². The predicted octanol–water partition coefficient (Wildman–Crippen LogP) is 5.72. The number of terminal acetylenes is 1. The number of hydrogen-bond acceptors (Lipinski definition) is 1. The monoisotopic (exact) mass is 286 g/mol. The molecule has 1 heteroatoms. The molecule has 4 aromatic rings. The van der Waals surface area contributed by atoms with Crippen molar-refractivity contribution in [3.05, 3.63) is 83.1 Å². The van der Waals surface area contributed by atoms with Crippen LogP contribution in [-0.2, 0) is 0 Å². The van der Waals surface area contributed by atoms with Crippen molar-refractivity contribution >= 4 is 32.9 Å². The van der Waals surface area contributed by atoms with Gasteiger partial charge in [-0.05, 0) is 45.1 Å². The van der Waals surface area contributed by atoms with E-state index in [4.69, 9.17) is 6.42 Å². The second-order valence-corrected chi connectivity index (χ2v) is 5.62. The summed E-state index contributed by atoms with van der Waals surface area (Å²) < 4.78 is 0. The van der Waals surface area contributed by atoms with Gasteiger partial charge in [-0.25, -0.2) is 0 Å². The maximum Gasteiger partial charge on any atom is 0.0765 e. The molecule has 0 spiro atoms. The van der Waals surface area contributed by atoms with E-state index in [9.17, 15) is 0 Å². The highest BCUT2D eigenvalue weighted by molar-refractivity contribution is 7.10. The Morgan fingerprint density at radius 1 is 0.667 bits per heavy atom. The van der Waals surface area contributed by atoms with Crippen molar-refractivity contribution in [2.75, 3.05) is 0 Å². The predicted molar refractivity (Wildman–Crippen MR) is 93.7 cm³/mol. The SMILES string of the molecule is C#Cc1cccs1.c1ccc2cc3ccccc3cc2c1. The molecule has 0 aliphatic carbocycles. The summed E-state index contributed by atoms with van der Waals surface area (Å²) in [7, 11) is 0. The lowest BCUT2D eigenvalue weighted by atomic mass is 10.0. The zero-order valence-corrected chi connectivity index (χ0v) is 12.3. The lowest BCUT2D eigenvalue weighted by Crippen LogP contribution is -1.74. The third-order valence-electron chi connectivity index (χ3n) is 3.28. The maximum absolute atomic E-state index is 5.05. The largest absolute Gasteiger partial charge is 0.135 e. The minimum Gasteiger partial charge on any atom is -0.135 e. The van der Waals surface area contributed by atoms with Crippen LogP contribution in [0.5, 0.6) is 0 Å². The van der Waals surface area contributed by atoms with E-state index in [-0.39, 0.29) is 0 Å². The van der Waals surface area contributed by atoms with Gasteiger partial charge in [0.1, 0.15) is 0 Å². The Morgan fingerprint density at radius 2 is 1.14 bits per heavy atom. The van der Waals surface area contributed by atoms with Crippen LogP contribution in [-0.4, -0.2) is 0 Å². The summed E-state index contributed by atoms with van der Waals surface area (Å²) in [6.45, 7) is 0. The van der Waals surface area contributed by atoms with E-state index < -0.39 is 0 Å². The fourth-order valence-electron chi connectivity index (χ4n) is 2.24. The first kappa shape index (κ1) is 13.4. The van der Waals surface area contributed by atoms with Gasteiger partial charge in [-0.15, -0.1) is 17.8 Å². The normalized spacial score (nSPS) is 9.86. The van der Waals surface area contributed by atoms with Gasteiger partial charge in [0, 0.05) is 0 Å². The molecule has 1 aromatic heterocycles. The van der Waals surface area contributed by atoms with Crippen molar-refractivity contribution in [3.8, 4) is 12.3 Å². The van der Waals surface area contributed by atoms with E-state index in [0.717, 1.165) is 4.88 Å². The van der Waals surface area contributed by atoms with Gasteiger partial charge in [0.25, 0.3) is 0 Å². The smallest absolute Gasteiger partial charge is 0.0765 e. The van der Waals surface area contributed by atoms with Crippen LogP contribution in [0, 0.1) is 12.3 Å². The maximum atomic E-state index is 5.05. The lowest BCUT2D eigenvalue weighted by molar-refractivity contribution is 1.76. The summed E-state index contributed by atoms with van der Waals surface area (Å²) in [5.41, 5.74) is 0. The molecule has 0 saturated carbocycles. The highest BCUT2D eigenvalue weighted by Gasteiger charge is 1.95. The minimum atomic E-state index is 1.00. The molecule has 0 bridgehead atoms. The Labute approximate surface area is 128 Å². The van der Waals surface area contributed by atoms with Gasteiger partial charge in [0.15, 0.2) is 0 Å². The molecule has 0 aliphatic rings. The Bertz CT molecular complexity index is 791. The van der Waals surface area contributed by atoms with Gasteiger partial charge in [-0.2, -0.15) is 0 Å². The first-order valence-electron chi connectivity index (χ1n) is 6.74. The van der Waals surface area contributed by atoms with Crippen molar-refractivity contribution in [2.24, 2.45) is 0 Å². The van der Waals surface area contributed by atoms with Crippen molar-refractivity contribution in [3.63, 3.8) is 0 Å². The molecule has 0 fully saturated rings. The van der Waals surface area contributed by atoms with Crippen molar-refractivity contribution in [1.82, 2.24) is 0 Å². The molecule has 0 N–H and O–H groups in total. The Balaban J connectivity index is 0.000000160. The summed E-state index contributed by atoms with van der Waals surface area (Å²) in [5.74, 6) is 2.53. The van der Waals surface area contributed by atoms with Gasteiger partial charge in [-0.3, -0.25) is 0 Å². The average Bonchev–Trinajstić information content (AvgIpc) is 3.07. The van der Waals surface area contributed by atoms with Crippen LogP contribution in [0.1, 0.15) is 4.88 Å².